The van der Waals surface area contributed by atoms with E-state index in [0.717, 1.165) is 22.8 Å². The molecule has 0 aliphatic rings. The molecule has 0 fully saturated rings. The van der Waals surface area contributed by atoms with Crippen LogP contribution in [-0.2, 0) is 0 Å². The first-order valence-electron chi connectivity index (χ1n) is 6.29. The molecule has 0 aliphatic heterocycles. The summed E-state index contributed by atoms with van der Waals surface area (Å²) in [6.45, 7) is 6.03. The summed E-state index contributed by atoms with van der Waals surface area (Å²) in [4.78, 5) is 0. The van der Waals surface area contributed by atoms with Crippen LogP contribution < -0.4 is 5.43 Å². The number of hydrogen-bond acceptors (Lipinski definition) is 2. The molecular weight excluding hydrogens is 258 g/mol. The molecule has 2 nitrogen and oxygen atoms in total. The van der Waals surface area contributed by atoms with Crippen LogP contribution in [0.25, 0.3) is 0 Å². The number of hydrogen-bond donors (Lipinski definition) is 1. The zero-order valence-electron chi connectivity index (χ0n) is 11.7. The largest absolute Gasteiger partial charge is 0.276 e. The van der Waals surface area contributed by atoms with Crippen molar-refractivity contribution >= 4 is 11.9 Å². The van der Waals surface area contributed by atoms with Crippen LogP contribution in [0.3, 0.4) is 0 Å². The van der Waals surface area contributed by atoms with E-state index >= 15 is 0 Å². The van der Waals surface area contributed by atoms with Gasteiger partial charge in [0.05, 0.1) is 11.9 Å². The van der Waals surface area contributed by atoms with Gasteiger partial charge in [0.15, 0.2) is 5.82 Å². The average molecular weight is 274 g/mol. The van der Waals surface area contributed by atoms with Crippen LogP contribution >= 0.6 is 0 Å². The lowest BCUT2D eigenvalue weighted by Crippen LogP contribution is -1.98. The highest BCUT2D eigenvalue weighted by Crippen LogP contribution is 2.16. The molecule has 0 heterocycles. The first-order chi connectivity index (χ1) is 9.47. The molecule has 0 unspecified atom stereocenters. The second-order valence-electron chi connectivity index (χ2n) is 4.81. The molecule has 0 amide bonds. The summed E-state index contributed by atoms with van der Waals surface area (Å²) in [5.41, 5.74) is 7.12. The molecule has 0 bridgehead atoms. The van der Waals surface area contributed by atoms with Gasteiger partial charge in [0, 0.05) is 11.6 Å². The normalized spacial score (nSPS) is 11.1. The third kappa shape index (κ3) is 3.20. The molecule has 2 aromatic rings. The fourth-order valence-corrected chi connectivity index (χ4v) is 2.14. The minimum Gasteiger partial charge on any atom is -0.276 e. The number of rotatable bonds is 3. The van der Waals surface area contributed by atoms with Gasteiger partial charge in [-0.3, -0.25) is 5.43 Å². The number of halogens is 2. The Bertz CT molecular complexity index is 641. The highest BCUT2D eigenvalue weighted by Gasteiger charge is 2.03. The SMILES string of the molecule is Cc1cc(C)c(/C=N\Nc2ccc(F)cc2F)c(C)c1. The van der Waals surface area contributed by atoms with Crippen molar-refractivity contribution in [1.82, 2.24) is 0 Å². The van der Waals surface area contributed by atoms with Gasteiger partial charge in [-0.2, -0.15) is 5.10 Å². The quantitative estimate of drug-likeness (QED) is 0.653. The van der Waals surface area contributed by atoms with Crippen molar-refractivity contribution in [3.63, 3.8) is 0 Å². The third-order valence-electron chi connectivity index (χ3n) is 3.05. The van der Waals surface area contributed by atoms with Gasteiger partial charge in [-0.15, -0.1) is 0 Å². The molecule has 20 heavy (non-hydrogen) atoms. The lowest BCUT2D eigenvalue weighted by molar-refractivity contribution is 0.585. The molecule has 4 heteroatoms. The van der Waals surface area contributed by atoms with E-state index in [1.807, 2.05) is 20.8 Å². The van der Waals surface area contributed by atoms with Crippen molar-refractivity contribution < 1.29 is 8.78 Å². The lowest BCUT2D eigenvalue weighted by atomic mass is 10.0. The molecule has 0 saturated heterocycles. The van der Waals surface area contributed by atoms with E-state index in [2.05, 4.69) is 22.7 Å². The third-order valence-corrected chi connectivity index (χ3v) is 3.05. The van der Waals surface area contributed by atoms with Crippen LogP contribution in [0, 0.1) is 32.4 Å². The van der Waals surface area contributed by atoms with Crippen molar-refractivity contribution in [1.29, 1.82) is 0 Å². The first kappa shape index (κ1) is 14.2. The Hall–Kier alpha value is -2.23. The van der Waals surface area contributed by atoms with Crippen LogP contribution in [0.2, 0.25) is 0 Å². The summed E-state index contributed by atoms with van der Waals surface area (Å²) < 4.78 is 26.2. The van der Waals surface area contributed by atoms with Crippen molar-refractivity contribution in [2.45, 2.75) is 20.8 Å². The van der Waals surface area contributed by atoms with E-state index in [9.17, 15) is 8.78 Å². The monoisotopic (exact) mass is 274 g/mol. The maximum atomic E-state index is 13.4. The minimum atomic E-state index is -0.667. The van der Waals surface area contributed by atoms with Crippen molar-refractivity contribution in [3.05, 3.63) is 64.2 Å². The Kier molecular flexibility index (Phi) is 4.13. The zero-order valence-corrected chi connectivity index (χ0v) is 11.7. The molecule has 0 aliphatic carbocycles. The summed E-state index contributed by atoms with van der Waals surface area (Å²) in [5, 5.41) is 4.02. The molecule has 0 aromatic heterocycles. The number of anilines is 1. The van der Waals surface area contributed by atoms with Gasteiger partial charge in [0.1, 0.15) is 5.82 Å². The van der Waals surface area contributed by atoms with Crippen LogP contribution in [0.1, 0.15) is 22.3 Å². The zero-order chi connectivity index (χ0) is 14.7. The second-order valence-corrected chi connectivity index (χ2v) is 4.81. The Morgan fingerprint density at radius 2 is 1.65 bits per heavy atom. The topological polar surface area (TPSA) is 24.4 Å². The Labute approximate surface area is 117 Å². The predicted molar refractivity (Wildman–Crippen MR) is 78.2 cm³/mol. The van der Waals surface area contributed by atoms with Crippen LogP contribution in [-0.4, -0.2) is 6.21 Å². The standard InChI is InChI=1S/C16H16F2N2/c1-10-6-11(2)14(12(3)7-10)9-19-20-16-5-4-13(17)8-15(16)18/h4-9,20H,1-3H3/b19-9-. The summed E-state index contributed by atoms with van der Waals surface area (Å²) in [6.07, 6.45) is 1.65. The van der Waals surface area contributed by atoms with Crippen LogP contribution in [0.4, 0.5) is 14.5 Å². The highest BCUT2D eigenvalue weighted by molar-refractivity contribution is 5.84. The summed E-state index contributed by atoms with van der Waals surface area (Å²) in [5.74, 6) is -1.28. The molecule has 1 N–H and O–H groups in total. The van der Waals surface area contributed by atoms with E-state index in [1.54, 1.807) is 6.21 Å². The van der Waals surface area contributed by atoms with Crippen molar-refractivity contribution in [3.8, 4) is 0 Å². The van der Waals surface area contributed by atoms with Crippen molar-refractivity contribution in [2.75, 3.05) is 5.43 Å². The van der Waals surface area contributed by atoms with E-state index in [-0.39, 0.29) is 5.69 Å². The second kappa shape index (κ2) is 5.82. The number of nitrogens with zero attached hydrogens (tertiary/aromatic N) is 1. The Morgan fingerprint density at radius 3 is 2.25 bits per heavy atom. The predicted octanol–water partition coefficient (Wildman–Crippen LogP) is 4.34. The molecule has 2 rings (SSSR count). The molecule has 104 valence electrons. The molecular formula is C16H16F2N2. The first-order valence-corrected chi connectivity index (χ1v) is 6.29. The molecule has 0 radical (unpaired) electrons. The Balaban J connectivity index is 2.18. The fourth-order valence-electron chi connectivity index (χ4n) is 2.14. The van der Waals surface area contributed by atoms with Gasteiger partial charge >= 0.3 is 0 Å². The number of nitrogens with one attached hydrogen (secondary N) is 1. The lowest BCUT2D eigenvalue weighted by Gasteiger charge is -2.07. The maximum absolute atomic E-state index is 13.4. The van der Waals surface area contributed by atoms with Gasteiger partial charge < -0.3 is 0 Å². The molecule has 0 atom stereocenters. The van der Waals surface area contributed by atoms with Gasteiger partial charge in [-0.1, -0.05) is 17.7 Å². The molecule has 0 spiro atoms. The van der Waals surface area contributed by atoms with E-state index < -0.39 is 11.6 Å². The molecule has 0 saturated carbocycles. The number of hydrazone groups is 1. The van der Waals surface area contributed by atoms with Crippen LogP contribution in [0.5, 0.6) is 0 Å². The van der Waals surface area contributed by atoms with Crippen molar-refractivity contribution in [2.24, 2.45) is 5.10 Å². The van der Waals surface area contributed by atoms with Gasteiger partial charge in [-0.05, 0) is 44.0 Å². The summed E-state index contributed by atoms with van der Waals surface area (Å²) in [7, 11) is 0. The Morgan fingerprint density at radius 1 is 1.00 bits per heavy atom. The summed E-state index contributed by atoms with van der Waals surface area (Å²) in [6, 6.07) is 7.44. The minimum absolute atomic E-state index is 0.144. The van der Waals surface area contributed by atoms with Gasteiger partial charge in [-0.25, -0.2) is 8.78 Å². The average Bonchev–Trinajstić information content (AvgIpc) is 2.34. The smallest absolute Gasteiger partial charge is 0.151 e. The number of aryl methyl sites for hydroxylation is 3. The fraction of sp³-hybridized carbons (Fsp3) is 0.188. The number of benzene rings is 2. The van der Waals surface area contributed by atoms with Gasteiger partial charge in [0.2, 0.25) is 0 Å². The highest BCUT2D eigenvalue weighted by atomic mass is 19.1. The summed E-state index contributed by atoms with van der Waals surface area (Å²) >= 11 is 0. The van der Waals surface area contributed by atoms with E-state index in [0.29, 0.717) is 0 Å². The van der Waals surface area contributed by atoms with Crippen LogP contribution in [0.15, 0.2) is 35.4 Å². The maximum Gasteiger partial charge on any atom is 0.151 e. The van der Waals surface area contributed by atoms with E-state index in [4.69, 9.17) is 0 Å². The van der Waals surface area contributed by atoms with Gasteiger partial charge in [0.25, 0.3) is 0 Å². The molecule has 2 aromatic carbocycles. The van der Waals surface area contributed by atoms with E-state index in [1.165, 1.54) is 17.7 Å².